The summed E-state index contributed by atoms with van der Waals surface area (Å²) in [6.07, 6.45) is -0.394. The van der Waals surface area contributed by atoms with Gasteiger partial charge in [0.15, 0.2) is 11.9 Å². The second kappa shape index (κ2) is 9.10. The number of hydrogen-bond donors (Lipinski definition) is 1. The van der Waals surface area contributed by atoms with E-state index in [1.807, 2.05) is 36.4 Å². The molecule has 0 saturated heterocycles. The second-order valence-electron chi connectivity index (χ2n) is 6.75. The van der Waals surface area contributed by atoms with Crippen molar-refractivity contribution >= 4 is 34.3 Å². The molecular weight excluding hydrogens is 368 g/mol. The van der Waals surface area contributed by atoms with E-state index in [-0.39, 0.29) is 12.2 Å². The van der Waals surface area contributed by atoms with Crippen LogP contribution in [0.5, 0.6) is 0 Å². The average molecular weight is 390 g/mol. The van der Waals surface area contributed by atoms with Crippen molar-refractivity contribution in [3.8, 4) is 0 Å². The normalized spacial score (nSPS) is 11.7. The highest BCUT2D eigenvalue weighted by Crippen LogP contribution is 2.14. The molecule has 0 bridgehead atoms. The molecule has 0 spiro atoms. The van der Waals surface area contributed by atoms with Crippen LogP contribution in [0.4, 0.5) is 5.69 Å². The van der Waals surface area contributed by atoms with Crippen LogP contribution in [0.3, 0.4) is 0 Å². The molecule has 3 aromatic rings. The predicted octanol–water partition coefficient (Wildman–Crippen LogP) is 3.94. The second-order valence-corrected chi connectivity index (χ2v) is 6.75. The minimum atomic E-state index is -0.951. The molecule has 0 aliphatic carbocycles. The Bertz CT molecular complexity index is 1060. The minimum absolute atomic E-state index is 0.0946. The van der Waals surface area contributed by atoms with E-state index >= 15 is 0 Å². The highest BCUT2D eigenvalue weighted by Gasteiger charge is 2.18. The number of hydrogen-bond acceptors (Lipinski definition) is 5. The molecule has 1 heterocycles. The monoisotopic (exact) mass is 390 g/mol. The Morgan fingerprint density at radius 2 is 1.83 bits per heavy atom. The first-order valence-corrected chi connectivity index (χ1v) is 9.38. The molecule has 3 rings (SSSR count). The van der Waals surface area contributed by atoms with Crippen LogP contribution < -0.4 is 5.32 Å². The molecule has 29 heavy (non-hydrogen) atoms. The summed E-state index contributed by atoms with van der Waals surface area (Å²) in [6.45, 7) is 2.96. The molecule has 0 fully saturated rings. The van der Waals surface area contributed by atoms with Crippen LogP contribution in [0.25, 0.3) is 10.9 Å². The van der Waals surface area contributed by atoms with Crippen molar-refractivity contribution in [3.63, 3.8) is 0 Å². The van der Waals surface area contributed by atoms with Crippen molar-refractivity contribution in [2.24, 2.45) is 0 Å². The molecule has 0 aliphatic rings. The van der Waals surface area contributed by atoms with Crippen LogP contribution in [-0.4, -0.2) is 28.7 Å². The van der Waals surface area contributed by atoms with Gasteiger partial charge in [-0.05, 0) is 38.1 Å². The van der Waals surface area contributed by atoms with Gasteiger partial charge >= 0.3 is 5.97 Å². The molecule has 0 aliphatic heterocycles. The van der Waals surface area contributed by atoms with Gasteiger partial charge in [0.05, 0.1) is 11.9 Å². The van der Waals surface area contributed by atoms with Gasteiger partial charge in [0.25, 0.3) is 5.91 Å². The molecule has 1 N–H and O–H groups in total. The fourth-order valence-electron chi connectivity index (χ4n) is 2.85. The number of aromatic nitrogens is 1. The van der Waals surface area contributed by atoms with E-state index in [0.717, 1.165) is 16.6 Å². The minimum Gasteiger partial charge on any atom is -0.453 e. The summed E-state index contributed by atoms with van der Waals surface area (Å²) in [5, 5.41) is 3.70. The number of nitrogens with one attached hydrogen (secondary N) is 1. The lowest BCUT2D eigenvalue weighted by molar-refractivity contribution is -0.153. The lowest BCUT2D eigenvalue weighted by Gasteiger charge is -2.14. The summed E-state index contributed by atoms with van der Waals surface area (Å²) in [5.41, 5.74) is 2.64. The maximum atomic E-state index is 12.3. The molecule has 1 atom stereocenters. The highest BCUT2D eigenvalue weighted by molar-refractivity contribution is 5.98. The predicted molar refractivity (Wildman–Crippen MR) is 111 cm³/mol. The Labute approximate surface area is 168 Å². The van der Waals surface area contributed by atoms with Crippen molar-refractivity contribution in [2.45, 2.75) is 32.8 Å². The Kier molecular flexibility index (Phi) is 6.34. The molecule has 0 saturated carbocycles. The first-order valence-electron chi connectivity index (χ1n) is 9.38. The molecule has 2 aromatic carbocycles. The number of ketones is 1. The molecule has 6 heteroatoms. The zero-order valence-electron chi connectivity index (χ0n) is 16.3. The van der Waals surface area contributed by atoms with Gasteiger partial charge in [-0.1, -0.05) is 36.4 Å². The number of rotatable bonds is 7. The maximum absolute atomic E-state index is 12.3. The Morgan fingerprint density at radius 3 is 2.62 bits per heavy atom. The van der Waals surface area contributed by atoms with Gasteiger partial charge in [-0.15, -0.1) is 0 Å². The van der Waals surface area contributed by atoms with E-state index in [2.05, 4.69) is 10.3 Å². The van der Waals surface area contributed by atoms with Crippen LogP contribution in [0.1, 0.15) is 36.3 Å². The van der Waals surface area contributed by atoms with Crippen LogP contribution in [0.15, 0.2) is 60.7 Å². The number of carbonyl (C=O) groups excluding carboxylic acids is 3. The summed E-state index contributed by atoms with van der Waals surface area (Å²) < 4.78 is 5.23. The van der Waals surface area contributed by atoms with Gasteiger partial charge in [-0.2, -0.15) is 0 Å². The first kappa shape index (κ1) is 20.2. The number of aryl methyl sites for hydroxylation is 1. The number of ether oxygens (including phenoxy) is 1. The van der Waals surface area contributed by atoms with Crippen LogP contribution in [0.2, 0.25) is 0 Å². The number of para-hydroxylation sites is 1. The molecule has 1 aromatic heterocycles. The maximum Gasteiger partial charge on any atom is 0.306 e. The Morgan fingerprint density at radius 1 is 1.03 bits per heavy atom. The lowest BCUT2D eigenvalue weighted by atomic mass is 10.1. The summed E-state index contributed by atoms with van der Waals surface area (Å²) in [7, 11) is 0. The van der Waals surface area contributed by atoms with E-state index < -0.39 is 18.0 Å². The van der Waals surface area contributed by atoms with Crippen molar-refractivity contribution in [2.75, 3.05) is 5.32 Å². The number of fused-ring (bicyclic) bond motifs is 1. The molecule has 6 nitrogen and oxygen atoms in total. The van der Waals surface area contributed by atoms with Crippen molar-refractivity contribution in [3.05, 3.63) is 71.9 Å². The van der Waals surface area contributed by atoms with Gasteiger partial charge < -0.3 is 10.1 Å². The van der Waals surface area contributed by atoms with Gasteiger partial charge in [-0.3, -0.25) is 19.4 Å². The van der Waals surface area contributed by atoms with Crippen molar-refractivity contribution in [1.29, 1.82) is 0 Å². The van der Waals surface area contributed by atoms with Crippen LogP contribution >= 0.6 is 0 Å². The zero-order chi connectivity index (χ0) is 20.8. The standard InChI is InChI=1S/C23H22N2O4/c1-15(26)18-7-5-8-20(14-18)25-23(28)16(2)29-22(27)13-12-19-11-10-17-6-3-4-9-21(17)24-19/h3-11,14,16H,12-13H2,1-2H3,(H,25,28)/t16-/m1/s1. The third kappa shape index (κ3) is 5.48. The number of pyridine rings is 1. The number of carbonyl (C=O) groups is 3. The van der Waals surface area contributed by atoms with E-state index in [1.165, 1.54) is 13.8 Å². The van der Waals surface area contributed by atoms with Crippen molar-refractivity contribution < 1.29 is 19.1 Å². The fraction of sp³-hybridized carbons (Fsp3) is 0.217. The number of benzene rings is 2. The molecular formula is C23H22N2O4. The molecule has 0 unspecified atom stereocenters. The number of nitrogens with zero attached hydrogens (tertiary/aromatic N) is 1. The van der Waals surface area contributed by atoms with Crippen LogP contribution in [0, 0.1) is 0 Å². The number of esters is 1. The van der Waals surface area contributed by atoms with Crippen molar-refractivity contribution in [1.82, 2.24) is 4.98 Å². The first-order chi connectivity index (χ1) is 13.9. The van der Waals surface area contributed by atoms with E-state index in [1.54, 1.807) is 24.3 Å². The van der Waals surface area contributed by atoms with Gasteiger partial charge in [-0.25, -0.2) is 0 Å². The largest absolute Gasteiger partial charge is 0.453 e. The number of amides is 1. The fourth-order valence-corrected chi connectivity index (χ4v) is 2.85. The van der Waals surface area contributed by atoms with Gasteiger partial charge in [0.1, 0.15) is 0 Å². The van der Waals surface area contributed by atoms with Crippen LogP contribution in [-0.2, 0) is 20.7 Å². The highest BCUT2D eigenvalue weighted by atomic mass is 16.5. The summed E-state index contributed by atoms with van der Waals surface area (Å²) in [4.78, 5) is 40.3. The number of Topliss-reactive ketones (excluding diaryl/α,β-unsaturated/α-hetero) is 1. The van der Waals surface area contributed by atoms with Gasteiger partial charge in [0.2, 0.25) is 0 Å². The lowest BCUT2D eigenvalue weighted by Crippen LogP contribution is -2.30. The summed E-state index contributed by atoms with van der Waals surface area (Å²) >= 11 is 0. The summed E-state index contributed by atoms with van der Waals surface area (Å²) in [6, 6.07) is 18.2. The number of anilines is 1. The quantitative estimate of drug-likeness (QED) is 0.488. The molecule has 1 amide bonds. The summed E-state index contributed by atoms with van der Waals surface area (Å²) in [5.74, 6) is -1.02. The van der Waals surface area contributed by atoms with Gasteiger partial charge in [0, 0.05) is 28.8 Å². The zero-order valence-corrected chi connectivity index (χ0v) is 16.3. The third-order valence-electron chi connectivity index (χ3n) is 4.46. The average Bonchev–Trinajstić information content (AvgIpc) is 2.72. The Balaban J connectivity index is 1.52. The molecule has 0 radical (unpaired) electrons. The van der Waals surface area contributed by atoms with E-state index in [4.69, 9.17) is 4.74 Å². The SMILES string of the molecule is CC(=O)c1cccc(NC(=O)[C@@H](C)OC(=O)CCc2ccc3ccccc3n2)c1. The third-order valence-corrected chi connectivity index (χ3v) is 4.46. The smallest absolute Gasteiger partial charge is 0.306 e. The van der Waals surface area contributed by atoms with E-state index in [9.17, 15) is 14.4 Å². The molecule has 148 valence electrons. The topological polar surface area (TPSA) is 85.4 Å². The Hall–Kier alpha value is -3.54. The van der Waals surface area contributed by atoms with E-state index in [0.29, 0.717) is 17.7 Å².